The number of guanidine groups is 1. The summed E-state index contributed by atoms with van der Waals surface area (Å²) in [5.41, 5.74) is -0.212. The number of carbonyl (C=O) groups excluding carboxylic acids is 1. The predicted molar refractivity (Wildman–Crippen MR) is 94.8 cm³/mol. The summed E-state index contributed by atoms with van der Waals surface area (Å²) in [5, 5.41) is 6.56. The van der Waals surface area contributed by atoms with E-state index in [4.69, 9.17) is 9.47 Å². The molecule has 0 bridgehead atoms. The van der Waals surface area contributed by atoms with Gasteiger partial charge in [0.25, 0.3) is 0 Å². The average molecular weight is 329 g/mol. The number of hydrogen-bond acceptors (Lipinski definition) is 4. The average Bonchev–Trinajstić information content (AvgIpc) is 2.53. The van der Waals surface area contributed by atoms with Crippen molar-refractivity contribution in [2.24, 2.45) is 4.99 Å². The Morgan fingerprint density at radius 3 is 2.35 bits per heavy atom. The van der Waals surface area contributed by atoms with E-state index in [9.17, 15) is 4.79 Å². The minimum atomic E-state index is -0.212. The fourth-order valence-corrected chi connectivity index (χ4v) is 1.95. The van der Waals surface area contributed by atoms with Crippen molar-refractivity contribution in [1.29, 1.82) is 0 Å². The normalized spacial score (nSPS) is 12.1. The second kappa shape index (κ2) is 13.2. The lowest BCUT2D eigenvalue weighted by Gasteiger charge is -2.24. The van der Waals surface area contributed by atoms with Crippen LogP contribution in [0.4, 0.5) is 0 Å². The van der Waals surface area contributed by atoms with Gasteiger partial charge in [-0.2, -0.15) is 0 Å². The Bertz CT molecular complexity index is 344. The molecule has 0 aromatic carbocycles. The van der Waals surface area contributed by atoms with Gasteiger partial charge >= 0.3 is 5.97 Å². The first-order chi connectivity index (χ1) is 10.9. The van der Waals surface area contributed by atoms with E-state index in [2.05, 4.69) is 15.6 Å². The summed E-state index contributed by atoms with van der Waals surface area (Å²) >= 11 is 0. The van der Waals surface area contributed by atoms with Crippen LogP contribution in [-0.4, -0.2) is 51.4 Å². The van der Waals surface area contributed by atoms with E-state index < -0.39 is 0 Å². The van der Waals surface area contributed by atoms with Crippen molar-refractivity contribution < 1.29 is 14.3 Å². The molecule has 0 amide bonds. The maximum absolute atomic E-state index is 11.2. The molecule has 0 aliphatic rings. The lowest BCUT2D eigenvalue weighted by Crippen LogP contribution is -2.45. The van der Waals surface area contributed by atoms with Crippen LogP contribution >= 0.6 is 0 Å². The van der Waals surface area contributed by atoms with E-state index in [1.54, 1.807) is 14.2 Å². The highest BCUT2D eigenvalue weighted by atomic mass is 16.5. The zero-order valence-electron chi connectivity index (χ0n) is 15.5. The van der Waals surface area contributed by atoms with Crippen LogP contribution in [-0.2, 0) is 14.3 Å². The van der Waals surface area contributed by atoms with Crippen LogP contribution in [0.3, 0.4) is 0 Å². The summed E-state index contributed by atoms with van der Waals surface area (Å²) in [7, 11) is 3.48. The van der Waals surface area contributed by atoms with Crippen molar-refractivity contribution in [2.45, 2.75) is 64.9 Å². The number of ether oxygens (including phenoxy) is 2. The van der Waals surface area contributed by atoms with Gasteiger partial charge in [0.1, 0.15) is 0 Å². The van der Waals surface area contributed by atoms with Gasteiger partial charge in [0.2, 0.25) is 0 Å². The zero-order chi connectivity index (χ0) is 17.6. The highest BCUT2D eigenvalue weighted by molar-refractivity contribution is 5.79. The molecule has 6 heteroatoms. The van der Waals surface area contributed by atoms with Crippen molar-refractivity contribution >= 4 is 11.9 Å². The maximum Gasteiger partial charge on any atom is 0.305 e. The molecule has 0 aromatic heterocycles. The number of hydrogen-bond donors (Lipinski definition) is 2. The molecule has 0 radical (unpaired) electrons. The molecule has 0 aromatic rings. The minimum absolute atomic E-state index is 0.0805. The number of nitrogens with zero attached hydrogens (tertiary/aromatic N) is 1. The van der Waals surface area contributed by atoms with Gasteiger partial charge in [-0.15, -0.1) is 0 Å². The first-order valence-corrected chi connectivity index (χ1v) is 8.60. The van der Waals surface area contributed by atoms with Crippen molar-refractivity contribution in [3.05, 3.63) is 0 Å². The van der Waals surface area contributed by atoms with E-state index in [-0.39, 0.29) is 11.6 Å². The molecular formula is C17H35N3O3. The highest BCUT2D eigenvalue weighted by Gasteiger charge is 2.16. The molecule has 2 N–H and O–H groups in total. The van der Waals surface area contributed by atoms with Gasteiger partial charge < -0.3 is 20.1 Å². The van der Waals surface area contributed by atoms with Crippen LogP contribution in [0.5, 0.6) is 0 Å². The SMILES string of the molecule is CCOC(=O)CCCCCCCNC(=NC)NCC(C)(C)OC. The Balaban J connectivity index is 3.57. The fourth-order valence-electron chi connectivity index (χ4n) is 1.95. The van der Waals surface area contributed by atoms with Gasteiger partial charge in [-0.05, 0) is 33.6 Å². The zero-order valence-corrected chi connectivity index (χ0v) is 15.5. The molecule has 0 unspecified atom stereocenters. The Morgan fingerprint density at radius 1 is 1.09 bits per heavy atom. The van der Waals surface area contributed by atoms with Crippen LogP contribution in [0.1, 0.15) is 59.3 Å². The van der Waals surface area contributed by atoms with Gasteiger partial charge in [0.15, 0.2) is 5.96 Å². The number of aliphatic imine (C=N–C) groups is 1. The monoisotopic (exact) mass is 329 g/mol. The lowest BCUT2D eigenvalue weighted by atomic mass is 10.1. The van der Waals surface area contributed by atoms with Gasteiger partial charge in [-0.3, -0.25) is 9.79 Å². The van der Waals surface area contributed by atoms with E-state index in [0.717, 1.165) is 44.6 Å². The maximum atomic E-state index is 11.2. The molecule has 0 saturated heterocycles. The highest BCUT2D eigenvalue weighted by Crippen LogP contribution is 2.06. The van der Waals surface area contributed by atoms with Gasteiger partial charge in [-0.25, -0.2) is 0 Å². The third-order valence-electron chi connectivity index (χ3n) is 3.61. The molecule has 0 aliphatic carbocycles. The van der Waals surface area contributed by atoms with Gasteiger partial charge in [0.05, 0.1) is 12.2 Å². The standard InChI is InChI=1S/C17H35N3O3/c1-6-23-15(21)12-10-8-7-9-11-13-19-16(18-4)20-14-17(2,3)22-5/h6-14H2,1-5H3,(H2,18,19,20). The van der Waals surface area contributed by atoms with Gasteiger partial charge in [0, 0.05) is 33.7 Å². The van der Waals surface area contributed by atoms with Crippen LogP contribution in [0, 0.1) is 0 Å². The summed E-state index contributed by atoms with van der Waals surface area (Å²) in [6, 6.07) is 0. The number of esters is 1. The molecule has 0 rings (SSSR count). The Kier molecular flexibility index (Phi) is 12.4. The van der Waals surface area contributed by atoms with E-state index in [1.807, 2.05) is 20.8 Å². The summed E-state index contributed by atoms with van der Waals surface area (Å²) in [6.07, 6.45) is 5.92. The topological polar surface area (TPSA) is 72.0 Å². The number of unbranched alkanes of at least 4 members (excludes halogenated alkanes) is 4. The predicted octanol–water partition coefficient (Wildman–Crippen LogP) is 2.48. The van der Waals surface area contributed by atoms with Crippen LogP contribution in [0.15, 0.2) is 4.99 Å². The minimum Gasteiger partial charge on any atom is -0.466 e. The lowest BCUT2D eigenvalue weighted by molar-refractivity contribution is -0.143. The smallest absolute Gasteiger partial charge is 0.305 e. The molecule has 0 saturated carbocycles. The molecule has 0 spiro atoms. The third kappa shape index (κ3) is 12.9. The van der Waals surface area contributed by atoms with Crippen molar-refractivity contribution in [2.75, 3.05) is 33.9 Å². The Hall–Kier alpha value is -1.30. The Morgan fingerprint density at radius 2 is 1.74 bits per heavy atom. The number of nitrogens with one attached hydrogen (secondary N) is 2. The first kappa shape index (κ1) is 21.7. The molecular weight excluding hydrogens is 294 g/mol. The summed E-state index contributed by atoms with van der Waals surface area (Å²) in [5.74, 6) is 0.723. The quantitative estimate of drug-likeness (QED) is 0.249. The summed E-state index contributed by atoms with van der Waals surface area (Å²) in [4.78, 5) is 15.4. The van der Waals surface area contributed by atoms with E-state index in [1.165, 1.54) is 0 Å². The second-order valence-corrected chi connectivity index (χ2v) is 6.14. The number of methoxy groups -OCH3 is 1. The molecule has 0 aliphatic heterocycles. The van der Waals surface area contributed by atoms with Crippen molar-refractivity contribution in [1.82, 2.24) is 10.6 Å². The largest absolute Gasteiger partial charge is 0.466 e. The van der Waals surface area contributed by atoms with Crippen LogP contribution in [0.25, 0.3) is 0 Å². The molecule has 0 fully saturated rings. The third-order valence-corrected chi connectivity index (χ3v) is 3.61. The molecule has 23 heavy (non-hydrogen) atoms. The van der Waals surface area contributed by atoms with Gasteiger partial charge in [-0.1, -0.05) is 19.3 Å². The molecule has 6 nitrogen and oxygen atoms in total. The van der Waals surface area contributed by atoms with E-state index >= 15 is 0 Å². The summed E-state index contributed by atoms with van der Waals surface area (Å²) < 4.78 is 10.3. The molecule has 0 atom stereocenters. The van der Waals surface area contributed by atoms with Crippen LogP contribution in [0.2, 0.25) is 0 Å². The van der Waals surface area contributed by atoms with Crippen LogP contribution < -0.4 is 10.6 Å². The second-order valence-electron chi connectivity index (χ2n) is 6.14. The molecule has 0 heterocycles. The number of carbonyl (C=O) groups is 1. The van der Waals surface area contributed by atoms with E-state index in [0.29, 0.717) is 19.6 Å². The van der Waals surface area contributed by atoms with Crippen molar-refractivity contribution in [3.8, 4) is 0 Å². The fraction of sp³-hybridized carbons (Fsp3) is 0.882. The first-order valence-electron chi connectivity index (χ1n) is 8.60. The van der Waals surface area contributed by atoms with Crippen molar-refractivity contribution in [3.63, 3.8) is 0 Å². The summed E-state index contributed by atoms with van der Waals surface area (Å²) in [6.45, 7) is 7.97. The number of rotatable bonds is 12. The Labute approximate surface area is 141 Å². The molecule has 136 valence electrons.